The van der Waals surface area contributed by atoms with Gasteiger partial charge in [0.05, 0.1) is 30.2 Å². The number of pyridine rings is 1. The van der Waals surface area contributed by atoms with Crippen molar-refractivity contribution in [1.82, 2.24) is 19.7 Å². The summed E-state index contributed by atoms with van der Waals surface area (Å²) in [7, 11) is 1.91. The zero-order valence-corrected chi connectivity index (χ0v) is 14.1. The predicted molar refractivity (Wildman–Crippen MR) is 90.9 cm³/mol. The van der Waals surface area contributed by atoms with Gasteiger partial charge in [-0.05, 0) is 38.3 Å². The van der Waals surface area contributed by atoms with Crippen LogP contribution in [0, 0.1) is 0 Å². The molecule has 1 aliphatic heterocycles. The summed E-state index contributed by atoms with van der Waals surface area (Å²) < 4.78 is 7.16. The molecule has 24 heavy (non-hydrogen) atoms. The molecule has 1 fully saturated rings. The first-order valence-corrected chi connectivity index (χ1v) is 8.33. The van der Waals surface area contributed by atoms with E-state index in [9.17, 15) is 4.79 Å². The van der Waals surface area contributed by atoms with Gasteiger partial charge < -0.3 is 15.0 Å². The highest BCUT2D eigenvalue weighted by Gasteiger charge is 2.29. The molecule has 0 unspecified atom stereocenters. The lowest BCUT2D eigenvalue weighted by molar-refractivity contribution is 0.159. The van der Waals surface area contributed by atoms with Crippen molar-refractivity contribution in [2.24, 2.45) is 7.05 Å². The molecule has 128 valence electrons. The molecular weight excluding hydrogens is 306 g/mol. The lowest BCUT2D eigenvalue weighted by Gasteiger charge is -2.35. The Balaban J connectivity index is 1.71. The molecule has 3 rings (SSSR count). The van der Waals surface area contributed by atoms with E-state index in [0.29, 0.717) is 18.2 Å². The van der Waals surface area contributed by atoms with Gasteiger partial charge in [-0.15, -0.1) is 0 Å². The third-order valence-corrected chi connectivity index (χ3v) is 4.24. The minimum Gasteiger partial charge on any atom is -0.478 e. The Kier molecular flexibility index (Phi) is 4.98. The van der Waals surface area contributed by atoms with Gasteiger partial charge in [0.15, 0.2) is 0 Å². The van der Waals surface area contributed by atoms with Crippen molar-refractivity contribution in [2.75, 3.05) is 18.5 Å². The number of hydrogen-bond donors (Lipinski definition) is 1. The standard InChI is InChI=1S/C17H23N5O2/c1-3-24-16-8-7-13(12-18-16)20-17(23)22-11-5-4-6-15(22)14-9-10-19-21(14)2/h7-10,12,15H,3-6,11H2,1-2H3,(H,20,23)/t15-/m1/s1. The predicted octanol–water partition coefficient (Wildman–Crippen LogP) is 2.97. The van der Waals surface area contributed by atoms with Crippen LogP contribution in [0.4, 0.5) is 10.5 Å². The molecule has 1 aliphatic rings. The Morgan fingerprint density at radius 2 is 2.25 bits per heavy atom. The zero-order chi connectivity index (χ0) is 16.9. The maximum atomic E-state index is 12.7. The van der Waals surface area contributed by atoms with E-state index in [-0.39, 0.29) is 12.1 Å². The summed E-state index contributed by atoms with van der Waals surface area (Å²) in [5, 5.41) is 7.16. The highest BCUT2D eigenvalue weighted by Crippen LogP contribution is 2.31. The fraction of sp³-hybridized carbons (Fsp3) is 0.471. The minimum absolute atomic E-state index is 0.0573. The maximum absolute atomic E-state index is 12.7. The van der Waals surface area contributed by atoms with Crippen LogP contribution >= 0.6 is 0 Å². The third kappa shape index (κ3) is 3.50. The molecule has 0 bridgehead atoms. The summed E-state index contributed by atoms with van der Waals surface area (Å²) in [6.45, 7) is 3.22. The van der Waals surface area contributed by atoms with E-state index in [1.807, 2.05) is 29.6 Å². The molecule has 7 heteroatoms. The van der Waals surface area contributed by atoms with Crippen LogP contribution in [0.5, 0.6) is 5.88 Å². The second-order valence-electron chi connectivity index (χ2n) is 5.83. The van der Waals surface area contributed by atoms with Crippen molar-refractivity contribution >= 4 is 11.7 Å². The molecule has 7 nitrogen and oxygen atoms in total. The zero-order valence-electron chi connectivity index (χ0n) is 14.1. The number of piperidine rings is 1. The van der Waals surface area contributed by atoms with Crippen LogP contribution < -0.4 is 10.1 Å². The second kappa shape index (κ2) is 7.33. The highest BCUT2D eigenvalue weighted by molar-refractivity contribution is 5.89. The van der Waals surface area contributed by atoms with Crippen LogP contribution in [0.1, 0.15) is 37.9 Å². The number of aromatic nitrogens is 3. The Hall–Kier alpha value is -2.57. The molecule has 2 amide bonds. The molecule has 0 spiro atoms. The first kappa shape index (κ1) is 16.3. The Morgan fingerprint density at radius 1 is 1.38 bits per heavy atom. The number of ether oxygens (including phenoxy) is 1. The van der Waals surface area contributed by atoms with Gasteiger partial charge >= 0.3 is 6.03 Å². The van der Waals surface area contributed by atoms with E-state index in [4.69, 9.17) is 4.74 Å². The number of rotatable bonds is 4. The van der Waals surface area contributed by atoms with Crippen LogP contribution in [0.3, 0.4) is 0 Å². The number of amides is 2. The first-order valence-electron chi connectivity index (χ1n) is 8.33. The molecule has 2 aromatic rings. The topological polar surface area (TPSA) is 72.3 Å². The summed E-state index contributed by atoms with van der Waals surface area (Å²) >= 11 is 0. The number of likely N-dealkylation sites (tertiary alicyclic amines) is 1. The number of anilines is 1. The number of nitrogens with one attached hydrogen (secondary N) is 1. The monoisotopic (exact) mass is 329 g/mol. The lowest BCUT2D eigenvalue weighted by atomic mass is 10.00. The summed E-state index contributed by atoms with van der Waals surface area (Å²) in [6, 6.07) is 5.50. The van der Waals surface area contributed by atoms with E-state index in [2.05, 4.69) is 15.4 Å². The van der Waals surface area contributed by atoms with Crippen molar-refractivity contribution in [3.63, 3.8) is 0 Å². The van der Waals surface area contributed by atoms with Crippen molar-refractivity contribution in [3.05, 3.63) is 36.3 Å². The van der Waals surface area contributed by atoms with Gasteiger partial charge in [-0.2, -0.15) is 5.10 Å². The van der Waals surface area contributed by atoms with Crippen molar-refractivity contribution < 1.29 is 9.53 Å². The molecule has 0 radical (unpaired) electrons. The lowest BCUT2D eigenvalue weighted by Crippen LogP contribution is -2.41. The number of urea groups is 1. The maximum Gasteiger partial charge on any atom is 0.322 e. The molecule has 1 N–H and O–H groups in total. The van der Waals surface area contributed by atoms with Gasteiger partial charge in [-0.25, -0.2) is 9.78 Å². The average Bonchev–Trinajstić information content (AvgIpc) is 3.03. The van der Waals surface area contributed by atoms with Crippen molar-refractivity contribution in [2.45, 2.75) is 32.2 Å². The van der Waals surface area contributed by atoms with Crippen LogP contribution in [0.2, 0.25) is 0 Å². The van der Waals surface area contributed by atoms with Gasteiger partial charge in [0.25, 0.3) is 0 Å². The van der Waals surface area contributed by atoms with Gasteiger partial charge in [-0.3, -0.25) is 4.68 Å². The summed E-state index contributed by atoms with van der Waals surface area (Å²) in [5.41, 5.74) is 1.73. The van der Waals surface area contributed by atoms with Crippen molar-refractivity contribution in [3.8, 4) is 5.88 Å². The largest absolute Gasteiger partial charge is 0.478 e. The fourth-order valence-corrected chi connectivity index (χ4v) is 3.08. The normalized spacial score (nSPS) is 17.6. The molecule has 2 aromatic heterocycles. The Morgan fingerprint density at radius 3 is 2.92 bits per heavy atom. The summed E-state index contributed by atoms with van der Waals surface area (Å²) in [6.07, 6.45) is 6.48. The Labute approximate surface area is 141 Å². The molecule has 0 aromatic carbocycles. The van der Waals surface area contributed by atoms with E-state index < -0.39 is 0 Å². The molecule has 0 aliphatic carbocycles. The van der Waals surface area contributed by atoms with Gasteiger partial charge in [-0.1, -0.05) is 0 Å². The minimum atomic E-state index is -0.105. The molecule has 3 heterocycles. The first-order chi connectivity index (χ1) is 11.7. The van der Waals surface area contributed by atoms with Gasteiger partial charge in [0.2, 0.25) is 5.88 Å². The highest BCUT2D eigenvalue weighted by atomic mass is 16.5. The van der Waals surface area contributed by atoms with Crippen LogP contribution in [-0.2, 0) is 7.05 Å². The molecular formula is C17H23N5O2. The number of hydrogen-bond acceptors (Lipinski definition) is 4. The van der Waals surface area contributed by atoms with E-state index in [1.54, 1.807) is 24.5 Å². The van der Waals surface area contributed by atoms with Crippen LogP contribution in [0.25, 0.3) is 0 Å². The number of nitrogens with zero attached hydrogens (tertiary/aromatic N) is 4. The smallest absolute Gasteiger partial charge is 0.322 e. The summed E-state index contributed by atoms with van der Waals surface area (Å²) in [5.74, 6) is 0.557. The van der Waals surface area contributed by atoms with Crippen LogP contribution in [-0.4, -0.2) is 38.8 Å². The van der Waals surface area contributed by atoms with Crippen molar-refractivity contribution in [1.29, 1.82) is 0 Å². The summed E-state index contributed by atoms with van der Waals surface area (Å²) in [4.78, 5) is 18.8. The van der Waals surface area contributed by atoms with Crippen LogP contribution in [0.15, 0.2) is 30.6 Å². The molecule has 1 saturated heterocycles. The number of carbonyl (C=O) groups excluding carboxylic acids is 1. The second-order valence-corrected chi connectivity index (χ2v) is 5.83. The third-order valence-electron chi connectivity index (χ3n) is 4.24. The van der Waals surface area contributed by atoms with Gasteiger partial charge in [0, 0.05) is 25.9 Å². The average molecular weight is 329 g/mol. The number of aryl methyl sites for hydroxylation is 1. The van der Waals surface area contributed by atoms with Gasteiger partial charge in [0.1, 0.15) is 0 Å². The van der Waals surface area contributed by atoms with E-state index in [0.717, 1.165) is 31.5 Å². The SMILES string of the molecule is CCOc1ccc(NC(=O)N2CCCC[C@@H]2c2ccnn2C)cn1. The fourth-order valence-electron chi connectivity index (χ4n) is 3.08. The van der Waals surface area contributed by atoms with E-state index in [1.165, 1.54) is 0 Å². The molecule has 0 saturated carbocycles. The molecule has 1 atom stereocenters. The quantitative estimate of drug-likeness (QED) is 0.936. The van der Waals surface area contributed by atoms with E-state index >= 15 is 0 Å². The Bertz CT molecular complexity index is 683. The number of carbonyl (C=O) groups is 1.